The van der Waals surface area contributed by atoms with Crippen molar-refractivity contribution in [1.29, 1.82) is 0 Å². The number of hydrogen-bond acceptors (Lipinski definition) is 3. The highest BCUT2D eigenvalue weighted by molar-refractivity contribution is 6.05. The van der Waals surface area contributed by atoms with Crippen LogP contribution in [0.4, 0.5) is 11.4 Å². The molecule has 6 heteroatoms. The molecule has 0 saturated heterocycles. The Bertz CT molecular complexity index is 1060. The van der Waals surface area contributed by atoms with Crippen molar-refractivity contribution in [2.24, 2.45) is 0 Å². The lowest BCUT2D eigenvalue weighted by Crippen LogP contribution is -2.33. The van der Waals surface area contributed by atoms with E-state index < -0.39 is 0 Å². The molecule has 2 N–H and O–H groups in total. The van der Waals surface area contributed by atoms with Gasteiger partial charge in [-0.3, -0.25) is 14.7 Å². The van der Waals surface area contributed by atoms with Gasteiger partial charge in [0.1, 0.15) is 5.69 Å². The number of rotatable bonds is 3. The first-order valence-electron chi connectivity index (χ1n) is 9.30. The zero-order valence-electron chi connectivity index (χ0n) is 16.1. The van der Waals surface area contributed by atoms with Gasteiger partial charge in [0.15, 0.2) is 0 Å². The number of nitrogens with zero attached hydrogens (tertiary/aromatic N) is 2. The SMILES string of the molecule is CC(=O)N1c2ccc(NC(=O)c3[nH]nc(-c4ccccc4)c3C)cc2C[C@H]1C. The average Bonchev–Trinajstić information content (AvgIpc) is 3.21. The van der Waals surface area contributed by atoms with Gasteiger partial charge < -0.3 is 10.2 Å². The van der Waals surface area contributed by atoms with Gasteiger partial charge in [-0.15, -0.1) is 0 Å². The van der Waals surface area contributed by atoms with E-state index in [0.29, 0.717) is 11.4 Å². The van der Waals surface area contributed by atoms with E-state index in [9.17, 15) is 9.59 Å². The van der Waals surface area contributed by atoms with Gasteiger partial charge in [-0.25, -0.2) is 0 Å². The molecule has 142 valence electrons. The first-order chi connectivity index (χ1) is 13.5. The van der Waals surface area contributed by atoms with Gasteiger partial charge in [0, 0.05) is 35.5 Å². The molecule has 1 aromatic heterocycles. The fraction of sp³-hybridized carbons (Fsp3) is 0.227. The number of amides is 2. The van der Waals surface area contributed by atoms with Gasteiger partial charge in [0.05, 0.1) is 5.69 Å². The molecule has 2 amide bonds. The molecule has 0 spiro atoms. The van der Waals surface area contributed by atoms with Crippen LogP contribution in [0.2, 0.25) is 0 Å². The summed E-state index contributed by atoms with van der Waals surface area (Å²) < 4.78 is 0. The van der Waals surface area contributed by atoms with E-state index in [1.165, 1.54) is 0 Å². The Hall–Kier alpha value is -3.41. The topological polar surface area (TPSA) is 78.1 Å². The van der Waals surface area contributed by atoms with Crippen LogP contribution in [0, 0.1) is 6.92 Å². The number of anilines is 2. The highest BCUT2D eigenvalue weighted by Gasteiger charge is 2.29. The number of carbonyl (C=O) groups excluding carboxylic acids is 2. The molecule has 28 heavy (non-hydrogen) atoms. The molecule has 0 radical (unpaired) electrons. The molecule has 4 rings (SSSR count). The Labute approximate surface area is 163 Å². The van der Waals surface area contributed by atoms with E-state index in [1.807, 2.05) is 62.4 Å². The number of benzene rings is 2. The van der Waals surface area contributed by atoms with Crippen molar-refractivity contribution in [3.8, 4) is 11.3 Å². The van der Waals surface area contributed by atoms with Crippen LogP contribution in [-0.2, 0) is 11.2 Å². The van der Waals surface area contributed by atoms with Crippen molar-refractivity contribution in [3.05, 3.63) is 65.4 Å². The molecule has 1 aliphatic rings. The second-order valence-electron chi connectivity index (χ2n) is 7.18. The molecule has 0 unspecified atom stereocenters. The number of fused-ring (bicyclic) bond motifs is 1. The zero-order valence-corrected chi connectivity index (χ0v) is 16.1. The van der Waals surface area contributed by atoms with Crippen molar-refractivity contribution in [2.75, 3.05) is 10.2 Å². The van der Waals surface area contributed by atoms with Gasteiger partial charge in [-0.1, -0.05) is 30.3 Å². The maximum Gasteiger partial charge on any atom is 0.273 e. The fourth-order valence-electron chi connectivity index (χ4n) is 3.88. The fourth-order valence-corrected chi connectivity index (χ4v) is 3.88. The maximum atomic E-state index is 12.8. The number of nitrogens with one attached hydrogen (secondary N) is 2. The first-order valence-corrected chi connectivity index (χ1v) is 9.30. The predicted molar refractivity (Wildman–Crippen MR) is 109 cm³/mol. The minimum Gasteiger partial charge on any atom is -0.321 e. The minimum absolute atomic E-state index is 0.0320. The summed E-state index contributed by atoms with van der Waals surface area (Å²) in [7, 11) is 0. The number of hydrogen-bond donors (Lipinski definition) is 2. The van der Waals surface area contributed by atoms with Gasteiger partial charge in [-0.2, -0.15) is 5.10 Å². The Morgan fingerprint density at radius 3 is 2.64 bits per heavy atom. The number of carbonyl (C=O) groups is 2. The summed E-state index contributed by atoms with van der Waals surface area (Å²) in [5.74, 6) is -0.203. The molecule has 1 aliphatic heterocycles. The third-order valence-corrected chi connectivity index (χ3v) is 5.18. The number of H-pyrrole nitrogens is 1. The molecular formula is C22H22N4O2. The number of aromatic nitrogens is 2. The molecule has 3 aromatic rings. The second-order valence-corrected chi connectivity index (χ2v) is 7.18. The first kappa shape index (κ1) is 18.0. The van der Waals surface area contributed by atoms with Crippen LogP contribution in [-0.4, -0.2) is 28.1 Å². The predicted octanol–water partition coefficient (Wildman–Crippen LogP) is 3.93. The van der Waals surface area contributed by atoms with Crippen LogP contribution in [0.25, 0.3) is 11.3 Å². The maximum absolute atomic E-state index is 12.8. The molecule has 0 fully saturated rings. The van der Waals surface area contributed by atoms with Crippen LogP contribution in [0.1, 0.15) is 35.5 Å². The van der Waals surface area contributed by atoms with Gasteiger partial charge in [-0.05, 0) is 44.0 Å². The van der Waals surface area contributed by atoms with Crippen LogP contribution in [0.5, 0.6) is 0 Å². The minimum atomic E-state index is -0.235. The molecule has 0 bridgehead atoms. The molecule has 2 aromatic carbocycles. The third kappa shape index (κ3) is 3.07. The van der Waals surface area contributed by atoms with Gasteiger partial charge in [0.25, 0.3) is 5.91 Å². The zero-order chi connectivity index (χ0) is 19.8. The largest absolute Gasteiger partial charge is 0.321 e. The van der Waals surface area contributed by atoms with Crippen LogP contribution in [0.15, 0.2) is 48.5 Å². The third-order valence-electron chi connectivity index (χ3n) is 5.18. The summed E-state index contributed by atoms with van der Waals surface area (Å²) in [5, 5.41) is 10.1. The quantitative estimate of drug-likeness (QED) is 0.729. The van der Waals surface area contributed by atoms with E-state index in [2.05, 4.69) is 15.5 Å². The number of aromatic amines is 1. The molecule has 0 aliphatic carbocycles. The van der Waals surface area contributed by atoms with Crippen molar-refractivity contribution in [3.63, 3.8) is 0 Å². The summed E-state index contributed by atoms with van der Waals surface area (Å²) in [6.07, 6.45) is 0.778. The van der Waals surface area contributed by atoms with Crippen molar-refractivity contribution in [2.45, 2.75) is 33.2 Å². The van der Waals surface area contributed by atoms with Crippen LogP contribution < -0.4 is 10.2 Å². The average molecular weight is 374 g/mol. The highest BCUT2D eigenvalue weighted by atomic mass is 16.2. The lowest BCUT2D eigenvalue weighted by Gasteiger charge is -2.20. The van der Waals surface area contributed by atoms with E-state index in [0.717, 1.165) is 34.5 Å². The van der Waals surface area contributed by atoms with Crippen LogP contribution >= 0.6 is 0 Å². The summed E-state index contributed by atoms with van der Waals surface area (Å²) in [6.45, 7) is 5.49. The van der Waals surface area contributed by atoms with Crippen LogP contribution in [0.3, 0.4) is 0 Å². The van der Waals surface area contributed by atoms with E-state index in [1.54, 1.807) is 11.8 Å². The highest BCUT2D eigenvalue weighted by Crippen LogP contribution is 2.34. The normalized spacial score (nSPS) is 15.4. The summed E-state index contributed by atoms with van der Waals surface area (Å²) in [6, 6.07) is 15.6. The summed E-state index contributed by atoms with van der Waals surface area (Å²) in [5.41, 5.74) is 5.67. The second kappa shape index (κ2) is 6.96. The van der Waals surface area contributed by atoms with E-state index >= 15 is 0 Å². The summed E-state index contributed by atoms with van der Waals surface area (Å²) >= 11 is 0. The van der Waals surface area contributed by atoms with E-state index in [4.69, 9.17) is 0 Å². The molecule has 6 nitrogen and oxygen atoms in total. The summed E-state index contributed by atoms with van der Waals surface area (Å²) in [4.78, 5) is 26.4. The van der Waals surface area contributed by atoms with Gasteiger partial charge >= 0.3 is 0 Å². The Kier molecular flexibility index (Phi) is 4.47. The Balaban J connectivity index is 1.57. The standard InChI is InChI=1S/C22H22N4O2/c1-13-11-17-12-18(9-10-19(17)26(13)15(3)27)23-22(28)21-14(2)20(24-25-21)16-7-5-4-6-8-16/h4-10,12-13H,11H2,1-3H3,(H,23,28)(H,24,25)/t13-/m1/s1. The smallest absolute Gasteiger partial charge is 0.273 e. The van der Waals surface area contributed by atoms with Crippen molar-refractivity contribution < 1.29 is 9.59 Å². The molecule has 1 atom stereocenters. The van der Waals surface area contributed by atoms with Crippen molar-refractivity contribution in [1.82, 2.24) is 10.2 Å². The molecule has 0 saturated carbocycles. The molecular weight excluding hydrogens is 352 g/mol. The van der Waals surface area contributed by atoms with Gasteiger partial charge in [0.2, 0.25) is 5.91 Å². The lowest BCUT2D eigenvalue weighted by atomic mass is 10.1. The molecule has 2 heterocycles. The van der Waals surface area contributed by atoms with Crippen molar-refractivity contribution >= 4 is 23.2 Å². The Morgan fingerprint density at radius 1 is 1.18 bits per heavy atom. The lowest BCUT2D eigenvalue weighted by molar-refractivity contribution is -0.116. The van der Waals surface area contributed by atoms with E-state index in [-0.39, 0.29) is 17.9 Å². The monoisotopic (exact) mass is 374 g/mol. The Morgan fingerprint density at radius 2 is 1.93 bits per heavy atom.